The lowest BCUT2D eigenvalue weighted by Gasteiger charge is -2.30. The molecule has 0 radical (unpaired) electrons. The molecule has 8 aromatic rings. The van der Waals surface area contributed by atoms with Gasteiger partial charge in [-0.05, 0) is 92.0 Å². The maximum absolute atomic E-state index is 7.26. The van der Waals surface area contributed by atoms with Gasteiger partial charge in [0.05, 0.1) is 5.69 Å². The Morgan fingerprint density at radius 1 is 0.396 bits per heavy atom. The summed E-state index contributed by atoms with van der Waals surface area (Å²) in [5, 5.41) is 0. The minimum Gasteiger partial charge on any atom is -0.454 e. The predicted octanol–water partition coefficient (Wildman–Crippen LogP) is 14.2. The fourth-order valence-corrected chi connectivity index (χ4v) is 8.53. The van der Waals surface area contributed by atoms with Crippen LogP contribution in [0, 0.1) is 0 Å². The fraction of sp³-hybridized carbons (Fsp3) is 0.0588. The van der Waals surface area contributed by atoms with Gasteiger partial charge in [-0.2, -0.15) is 0 Å². The molecule has 0 saturated carbocycles. The van der Waals surface area contributed by atoms with Crippen molar-refractivity contribution >= 4 is 17.1 Å². The normalized spacial score (nSPS) is 13.0. The summed E-state index contributed by atoms with van der Waals surface area (Å²) in [4.78, 5) is 2.39. The van der Waals surface area contributed by atoms with Crippen LogP contribution in [0.25, 0.3) is 55.6 Å². The molecule has 0 atom stereocenters. The Bertz CT molecular complexity index is 2670. The summed E-state index contributed by atoms with van der Waals surface area (Å²) < 4.78 is 7.26. The van der Waals surface area contributed by atoms with Crippen molar-refractivity contribution in [2.45, 2.75) is 19.3 Å². The summed E-state index contributed by atoms with van der Waals surface area (Å²) >= 11 is 0. The van der Waals surface area contributed by atoms with E-state index in [0.717, 1.165) is 67.5 Å². The Hall–Kier alpha value is -6.64. The SMILES string of the molecule is CC1(C)c2ccccc2-c2ccc(N(c3cccc(-c4ccccc4)c3)c3cccc4c3Oc3cccc(-c5ccccc5)c3-c3ccccc3-4)cc21. The van der Waals surface area contributed by atoms with Gasteiger partial charge in [-0.15, -0.1) is 0 Å². The quantitative estimate of drug-likeness (QED) is 0.180. The van der Waals surface area contributed by atoms with Crippen LogP contribution in [0.4, 0.5) is 17.1 Å². The highest BCUT2D eigenvalue weighted by molar-refractivity contribution is 6.00. The van der Waals surface area contributed by atoms with Gasteiger partial charge in [-0.25, -0.2) is 0 Å². The summed E-state index contributed by atoms with van der Waals surface area (Å²) in [5.74, 6) is 1.67. The van der Waals surface area contributed by atoms with Gasteiger partial charge < -0.3 is 9.64 Å². The third-order valence-corrected chi connectivity index (χ3v) is 11.1. The third-order valence-electron chi connectivity index (χ3n) is 11.1. The smallest absolute Gasteiger partial charge is 0.159 e. The molecule has 1 aliphatic carbocycles. The number of hydrogen-bond acceptors (Lipinski definition) is 2. The number of ether oxygens (including phenoxy) is 1. The molecular formula is C51H37NO. The van der Waals surface area contributed by atoms with Gasteiger partial charge in [0.1, 0.15) is 5.75 Å². The first-order valence-corrected chi connectivity index (χ1v) is 18.4. The molecular weight excluding hydrogens is 643 g/mol. The van der Waals surface area contributed by atoms with Gasteiger partial charge in [0.2, 0.25) is 0 Å². The van der Waals surface area contributed by atoms with E-state index in [1.54, 1.807) is 0 Å². The molecule has 10 rings (SSSR count). The van der Waals surface area contributed by atoms with Crippen LogP contribution in [0.5, 0.6) is 11.5 Å². The van der Waals surface area contributed by atoms with Gasteiger partial charge >= 0.3 is 0 Å². The molecule has 1 heterocycles. The first kappa shape index (κ1) is 31.1. The first-order valence-electron chi connectivity index (χ1n) is 18.4. The van der Waals surface area contributed by atoms with Crippen LogP contribution in [0.15, 0.2) is 188 Å². The fourth-order valence-electron chi connectivity index (χ4n) is 8.53. The molecule has 0 N–H and O–H groups in total. The Morgan fingerprint density at radius 2 is 0.981 bits per heavy atom. The van der Waals surface area contributed by atoms with E-state index < -0.39 is 0 Å². The largest absolute Gasteiger partial charge is 0.454 e. The molecule has 0 spiro atoms. The molecule has 2 heteroatoms. The highest BCUT2D eigenvalue weighted by Gasteiger charge is 2.36. The van der Waals surface area contributed by atoms with Crippen molar-refractivity contribution < 1.29 is 4.74 Å². The molecule has 0 amide bonds. The van der Waals surface area contributed by atoms with Crippen LogP contribution in [-0.4, -0.2) is 0 Å². The van der Waals surface area contributed by atoms with E-state index in [1.807, 2.05) is 0 Å². The zero-order valence-corrected chi connectivity index (χ0v) is 29.8. The maximum atomic E-state index is 7.26. The second-order valence-corrected chi connectivity index (χ2v) is 14.5. The monoisotopic (exact) mass is 679 g/mol. The lowest BCUT2D eigenvalue weighted by Crippen LogP contribution is -2.17. The van der Waals surface area contributed by atoms with Crippen molar-refractivity contribution in [2.24, 2.45) is 0 Å². The van der Waals surface area contributed by atoms with Crippen LogP contribution < -0.4 is 9.64 Å². The number of nitrogens with zero attached hydrogens (tertiary/aromatic N) is 1. The van der Waals surface area contributed by atoms with E-state index in [1.165, 1.54) is 27.8 Å². The molecule has 0 fully saturated rings. The summed E-state index contributed by atoms with van der Waals surface area (Å²) in [6.45, 7) is 4.69. The van der Waals surface area contributed by atoms with Crippen LogP contribution in [0.2, 0.25) is 0 Å². The second kappa shape index (κ2) is 12.3. The molecule has 0 unspecified atom stereocenters. The topological polar surface area (TPSA) is 12.5 Å². The number of hydrogen-bond donors (Lipinski definition) is 0. The van der Waals surface area contributed by atoms with Crippen LogP contribution in [-0.2, 0) is 5.41 Å². The zero-order valence-electron chi connectivity index (χ0n) is 29.8. The maximum Gasteiger partial charge on any atom is 0.159 e. The third kappa shape index (κ3) is 5.02. The molecule has 8 aromatic carbocycles. The summed E-state index contributed by atoms with van der Waals surface area (Å²) in [7, 11) is 0. The van der Waals surface area contributed by atoms with E-state index in [2.05, 4.69) is 207 Å². The van der Waals surface area contributed by atoms with Crippen LogP contribution in [0.3, 0.4) is 0 Å². The van der Waals surface area contributed by atoms with E-state index in [-0.39, 0.29) is 5.41 Å². The molecule has 252 valence electrons. The highest BCUT2D eigenvalue weighted by atomic mass is 16.5. The average Bonchev–Trinajstić information content (AvgIpc) is 3.34. The van der Waals surface area contributed by atoms with Gasteiger partial charge in [-0.3, -0.25) is 0 Å². The van der Waals surface area contributed by atoms with Crippen molar-refractivity contribution in [3.8, 4) is 67.1 Å². The van der Waals surface area contributed by atoms with Crippen LogP contribution >= 0.6 is 0 Å². The standard InChI is InChI=1S/C51H37NO/c1-51(2)45-27-12-11-23-41(45)42-31-30-38(33-46(42)51)52(37-21-13-20-36(32-37)34-16-5-3-6-17-34)47-28-14-26-44-40-22-9-10-24-43(40)49-39(35-18-7-4-8-19-35)25-15-29-48(49)53-50(44)47/h3-33H,1-2H3. The molecule has 2 aliphatic rings. The average molecular weight is 680 g/mol. The molecule has 0 bridgehead atoms. The molecule has 2 nitrogen and oxygen atoms in total. The number of para-hydroxylation sites is 1. The second-order valence-electron chi connectivity index (χ2n) is 14.5. The van der Waals surface area contributed by atoms with E-state index in [9.17, 15) is 0 Å². The molecule has 1 aliphatic heterocycles. The zero-order chi connectivity index (χ0) is 35.5. The Balaban J connectivity index is 1.22. The van der Waals surface area contributed by atoms with Crippen LogP contribution in [0.1, 0.15) is 25.0 Å². The highest BCUT2D eigenvalue weighted by Crippen LogP contribution is 2.56. The Kier molecular flexibility index (Phi) is 7.19. The van der Waals surface area contributed by atoms with Crippen molar-refractivity contribution in [3.63, 3.8) is 0 Å². The van der Waals surface area contributed by atoms with E-state index in [0.29, 0.717) is 0 Å². The number of benzene rings is 8. The van der Waals surface area contributed by atoms with Crippen molar-refractivity contribution in [1.29, 1.82) is 0 Å². The van der Waals surface area contributed by atoms with Crippen molar-refractivity contribution in [2.75, 3.05) is 4.90 Å². The number of anilines is 3. The van der Waals surface area contributed by atoms with Gasteiger partial charge in [0.15, 0.2) is 5.75 Å². The predicted molar refractivity (Wildman–Crippen MR) is 221 cm³/mol. The van der Waals surface area contributed by atoms with Gasteiger partial charge in [0.25, 0.3) is 0 Å². The van der Waals surface area contributed by atoms with Gasteiger partial charge in [0, 0.05) is 27.9 Å². The molecule has 53 heavy (non-hydrogen) atoms. The number of fused-ring (bicyclic) bond motifs is 8. The Morgan fingerprint density at radius 3 is 1.79 bits per heavy atom. The summed E-state index contributed by atoms with van der Waals surface area (Å²) in [6.07, 6.45) is 0. The lowest BCUT2D eigenvalue weighted by atomic mass is 9.82. The number of rotatable bonds is 5. The first-order chi connectivity index (χ1) is 26.1. The summed E-state index contributed by atoms with van der Waals surface area (Å²) in [6, 6.07) is 67.7. The molecule has 0 aromatic heterocycles. The van der Waals surface area contributed by atoms with Crippen molar-refractivity contribution in [3.05, 3.63) is 199 Å². The lowest BCUT2D eigenvalue weighted by molar-refractivity contribution is 0.489. The summed E-state index contributed by atoms with van der Waals surface area (Å²) in [5.41, 5.74) is 17.4. The van der Waals surface area contributed by atoms with E-state index in [4.69, 9.17) is 4.74 Å². The minimum absolute atomic E-state index is 0.144. The van der Waals surface area contributed by atoms with Gasteiger partial charge in [-0.1, -0.05) is 166 Å². The molecule has 0 saturated heterocycles. The Labute approximate surface area is 311 Å². The van der Waals surface area contributed by atoms with Crippen molar-refractivity contribution in [1.82, 2.24) is 0 Å². The van der Waals surface area contributed by atoms with E-state index >= 15 is 0 Å². The minimum atomic E-state index is -0.144.